The van der Waals surface area contributed by atoms with E-state index in [0.29, 0.717) is 0 Å². The van der Waals surface area contributed by atoms with Gasteiger partial charge in [-0.05, 0) is 41.7 Å². The Balaban J connectivity index is 1.61. The number of aromatic nitrogens is 1. The van der Waals surface area contributed by atoms with Crippen LogP contribution < -0.4 is 0 Å². The maximum absolute atomic E-state index is 6.23. The topological polar surface area (TPSA) is 34.5 Å². The summed E-state index contributed by atoms with van der Waals surface area (Å²) in [5, 5.41) is 5.69. The zero-order chi connectivity index (χ0) is 18.6. The summed E-state index contributed by atoms with van der Waals surface area (Å²) < 4.78 is 1.07. The number of pyridine rings is 1. The first-order valence-corrected chi connectivity index (χ1v) is 10.1. The number of hydrogen-bond acceptors (Lipinski definition) is 3. The lowest BCUT2D eigenvalue weighted by Crippen LogP contribution is -2.40. The summed E-state index contributed by atoms with van der Waals surface area (Å²) >= 11 is 3.50. The van der Waals surface area contributed by atoms with Crippen molar-refractivity contribution >= 4 is 32.5 Å². The van der Waals surface area contributed by atoms with Gasteiger partial charge in [-0.25, -0.2) is 0 Å². The number of benzene rings is 2. The van der Waals surface area contributed by atoms with E-state index >= 15 is 0 Å². The lowest BCUT2D eigenvalue weighted by molar-refractivity contribution is -0.0631. The largest absolute Gasteiger partial charge is 0.384 e. The van der Waals surface area contributed by atoms with Gasteiger partial charge >= 0.3 is 0 Å². The third-order valence-corrected chi connectivity index (χ3v) is 6.19. The zero-order valence-electron chi connectivity index (χ0n) is 15.5. The van der Waals surface area contributed by atoms with E-state index in [1.807, 2.05) is 6.07 Å². The van der Waals surface area contributed by atoms with E-state index in [9.17, 15) is 0 Å². The van der Waals surface area contributed by atoms with Crippen LogP contribution in [-0.2, 0) is 16.9 Å². The molecule has 136 valence electrons. The van der Waals surface area contributed by atoms with Gasteiger partial charge in [-0.3, -0.25) is 4.98 Å². The molecule has 0 fully saturated rings. The van der Waals surface area contributed by atoms with Gasteiger partial charge in [-0.1, -0.05) is 65.3 Å². The molecule has 1 aliphatic heterocycles. The molecule has 1 spiro atoms. The molecule has 0 saturated heterocycles. The van der Waals surface area contributed by atoms with E-state index in [0.717, 1.165) is 51.6 Å². The molecule has 4 heteroatoms. The van der Waals surface area contributed by atoms with Crippen LogP contribution >= 0.6 is 15.9 Å². The molecule has 0 saturated carbocycles. The molecule has 1 aliphatic carbocycles. The minimum absolute atomic E-state index is 0.118. The minimum Gasteiger partial charge on any atom is -0.384 e. The summed E-state index contributed by atoms with van der Waals surface area (Å²) in [6.45, 7) is 4.60. The number of rotatable bonds is 1. The van der Waals surface area contributed by atoms with E-state index in [1.54, 1.807) is 0 Å². The first kappa shape index (κ1) is 16.9. The smallest absolute Gasteiger partial charge is 0.170 e. The van der Waals surface area contributed by atoms with Crippen LogP contribution in [0.1, 0.15) is 43.5 Å². The van der Waals surface area contributed by atoms with Crippen molar-refractivity contribution in [3.63, 3.8) is 0 Å². The SMILES string of the molecule is CC1(C)Cc2nc3ccccc3cc2[C@@]2(CC(c3ccc(Br)cc3)=NO2)C1. The number of fused-ring (bicyclic) bond motifs is 3. The highest BCUT2D eigenvalue weighted by atomic mass is 79.9. The van der Waals surface area contributed by atoms with Gasteiger partial charge in [0.05, 0.1) is 11.2 Å². The summed E-state index contributed by atoms with van der Waals surface area (Å²) in [5.74, 6) is 0. The Labute approximate surface area is 167 Å². The van der Waals surface area contributed by atoms with Gasteiger partial charge in [-0.15, -0.1) is 0 Å². The summed E-state index contributed by atoms with van der Waals surface area (Å²) in [6.07, 6.45) is 2.69. The Morgan fingerprint density at radius 1 is 1.00 bits per heavy atom. The van der Waals surface area contributed by atoms with Gasteiger partial charge in [0.25, 0.3) is 0 Å². The number of halogens is 1. The van der Waals surface area contributed by atoms with Crippen LogP contribution in [0, 0.1) is 5.41 Å². The molecule has 0 unspecified atom stereocenters. The summed E-state index contributed by atoms with van der Waals surface area (Å²) in [4.78, 5) is 11.2. The number of para-hydroxylation sites is 1. The van der Waals surface area contributed by atoms with E-state index in [-0.39, 0.29) is 5.41 Å². The minimum atomic E-state index is -0.420. The monoisotopic (exact) mass is 420 g/mol. The molecule has 0 amide bonds. The predicted octanol–water partition coefficient (Wildman–Crippen LogP) is 5.99. The van der Waals surface area contributed by atoms with Gasteiger partial charge in [-0.2, -0.15) is 0 Å². The highest BCUT2D eigenvalue weighted by Gasteiger charge is 2.50. The zero-order valence-corrected chi connectivity index (χ0v) is 17.1. The fraction of sp³-hybridized carbons (Fsp3) is 0.304. The van der Waals surface area contributed by atoms with E-state index in [2.05, 4.69) is 83.5 Å². The first-order valence-electron chi connectivity index (χ1n) is 9.34. The second-order valence-electron chi connectivity index (χ2n) is 8.50. The molecule has 1 aromatic heterocycles. The second kappa shape index (κ2) is 5.90. The Bertz CT molecular complexity index is 1070. The molecule has 2 aromatic carbocycles. The maximum atomic E-state index is 6.23. The molecule has 5 rings (SSSR count). The van der Waals surface area contributed by atoms with Crippen molar-refractivity contribution in [1.29, 1.82) is 0 Å². The van der Waals surface area contributed by atoms with Gasteiger partial charge in [0, 0.05) is 34.0 Å². The van der Waals surface area contributed by atoms with Crippen molar-refractivity contribution in [3.8, 4) is 0 Å². The van der Waals surface area contributed by atoms with Gasteiger partial charge in [0.1, 0.15) is 0 Å². The van der Waals surface area contributed by atoms with Crippen LogP contribution in [0.25, 0.3) is 10.9 Å². The fourth-order valence-corrected chi connectivity index (χ4v) is 4.85. The molecule has 0 N–H and O–H groups in total. The van der Waals surface area contributed by atoms with E-state index in [1.165, 1.54) is 5.56 Å². The normalized spacial score (nSPS) is 23.1. The van der Waals surface area contributed by atoms with E-state index < -0.39 is 5.60 Å². The molecular weight excluding hydrogens is 400 g/mol. The maximum Gasteiger partial charge on any atom is 0.170 e. The average molecular weight is 421 g/mol. The molecule has 27 heavy (non-hydrogen) atoms. The van der Waals surface area contributed by atoms with Crippen molar-refractivity contribution in [2.75, 3.05) is 0 Å². The average Bonchev–Trinajstić information content (AvgIpc) is 3.04. The third-order valence-electron chi connectivity index (χ3n) is 5.66. The standard InChI is InChI=1S/C23H21BrN2O/c1-22(2)12-21-18(11-16-5-3-4-6-19(16)25-21)23(14-22)13-20(26-27-23)15-7-9-17(24)10-8-15/h3-11H,12-14H2,1-2H3/t23-/m1/s1. The van der Waals surface area contributed by atoms with Crippen LogP contribution in [0.3, 0.4) is 0 Å². The molecule has 2 aliphatic rings. The van der Waals surface area contributed by atoms with Gasteiger partial charge < -0.3 is 4.84 Å². The van der Waals surface area contributed by atoms with Crippen LogP contribution in [0.15, 0.2) is 64.2 Å². The van der Waals surface area contributed by atoms with Crippen molar-refractivity contribution in [2.45, 2.75) is 38.7 Å². The molecule has 3 aromatic rings. The highest BCUT2D eigenvalue weighted by molar-refractivity contribution is 9.10. The molecule has 2 heterocycles. The Morgan fingerprint density at radius 3 is 2.59 bits per heavy atom. The first-order chi connectivity index (χ1) is 12.9. The number of nitrogens with zero attached hydrogens (tertiary/aromatic N) is 2. The summed E-state index contributed by atoms with van der Waals surface area (Å²) in [7, 11) is 0. The Hall–Kier alpha value is -2.20. The molecular formula is C23H21BrN2O. The number of oxime groups is 1. The summed E-state index contributed by atoms with van der Waals surface area (Å²) in [5.41, 5.74) is 5.24. The van der Waals surface area contributed by atoms with Crippen molar-refractivity contribution in [2.24, 2.45) is 10.6 Å². The van der Waals surface area contributed by atoms with E-state index in [4.69, 9.17) is 9.82 Å². The molecule has 3 nitrogen and oxygen atoms in total. The molecule has 1 atom stereocenters. The van der Waals surface area contributed by atoms with Crippen LogP contribution in [0.2, 0.25) is 0 Å². The van der Waals surface area contributed by atoms with Crippen LogP contribution in [-0.4, -0.2) is 10.7 Å². The highest BCUT2D eigenvalue weighted by Crippen LogP contribution is 2.51. The quantitative estimate of drug-likeness (QED) is 0.484. The molecule has 0 radical (unpaired) electrons. The van der Waals surface area contributed by atoms with Crippen molar-refractivity contribution in [3.05, 3.63) is 75.9 Å². The van der Waals surface area contributed by atoms with Crippen LogP contribution in [0.4, 0.5) is 0 Å². The van der Waals surface area contributed by atoms with Crippen molar-refractivity contribution in [1.82, 2.24) is 4.98 Å². The van der Waals surface area contributed by atoms with Gasteiger partial charge in [0.2, 0.25) is 0 Å². The second-order valence-corrected chi connectivity index (χ2v) is 9.42. The van der Waals surface area contributed by atoms with Crippen LogP contribution in [0.5, 0.6) is 0 Å². The number of hydrogen-bond donors (Lipinski definition) is 0. The summed E-state index contributed by atoms with van der Waals surface area (Å²) in [6, 6.07) is 18.9. The fourth-order valence-electron chi connectivity index (χ4n) is 4.58. The predicted molar refractivity (Wildman–Crippen MR) is 112 cm³/mol. The lowest BCUT2D eigenvalue weighted by atomic mass is 9.66. The Morgan fingerprint density at radius 2 is 1.78 bits per heavy atom. The van der Waals surface area contributed by atoms with Crippen molar-refractivity contribution < 1.29 is 4.84 Å². The molecule has 0 bridgehead atoms. The third kappa shape index (κ3) is 2.87. The van der Waals surface area contributed by atoms with Gasteiger partial charge in [0.15, 0.2) is 5.60 Å². The Kier molecular flexibility index (Phi) is 3.70. The lowest BCUT2D eigenvalue weighted by Gasteiger charge is -2.41.